The number of aryl methyl sites for hydroxylation is 1. The number of likely N-dealkylation sites (tertiary alicyclic amines) is 1. The molecule has 5 rings (SSSR count). The van der Waals surface area contributed by atoms with Crippen LogP contribution in [0.4, 0.5) is 0 Å². The third-order valence-corrected chi connectivity index (χ3v) is 7.46. The monoisotopic (exact) mass is 448 g/mol. The fourth-order valence-electron chi connectivity index (χ4n) is 4.19. The van der Waals surface area contributed by atoms with Crippen LogP contribution < -0.4 is 4.72 Å². The zero-order valence-electron chi connectivity index (χ0n) is 17.9. The summed E-state index contributed by atoms with van der Waals surface area (Å²) >= 11 is 0. The van der Waals surface area contributed by atoms with Gasteiger partial charge in [-0.3, -0.25) is 4.90 Å². The lowest BCUT2D eigenvalue weighted by Gasteiger charge is -2.14. The average molecular weight is 449 g/mol. The van der Waals surface area contributed by atoms with Crippen molar-refractivity contribution in [1.29, 1.82) is 0 Å². The van der Waals surface area contributed by atoms with Gasteiger partial charge in [0.1, 0.15) is 0 Å². The second kappa shape index (κ2) is 8.12. The lowest BCUT2D eigenvalue weighted by atomic mass is 10.1. The Kier molecular flexibility index (Phi) is 5.28. The maximum absolute atomic E-state index is 13.0. The summed E-state index contributed by atoms with van der Waals surface area (Å²) in [7, 11) is -1.71. The Balaban J connectivity index is 1.32. The van der Waals surface area contributed by atoms with E-state index in [0.29, 0.717) is 24.7 Å². The van der Waals surface area contributed by atoms with Crippen molar-refractivity contribution in [2.45, 2.75) is 30.3 Å². The Morgan fingerprint density at radius 1 is 1.03 bits per heavy atom. The van der Waals surface area contributed by atoms with Crippen LogP contribution in [-0.2, 0) is 10.0 Å². The van der Waals surface area contributed by atoms with E-state index in [9.17, 15) is 8.42 Å². The predicted molar refractivity (Wildman–Crippen MR) is 123 cm³/mol. The predicted octanol–water partition coefficient (Wildman–Crippen LogP) is 3.92. The molecule has 1 fully saturated rings. The number of nitrogens with zero attached hydrogens (tertiary/aromatic N) is 3. The summed E-state index contributed by atoms with van der Waals surface area (Å²) in [6, 6.07) is 20.4. The van der Waals surface area contributed by atoms with Gasteiger partial charge in [-0.25, -0.2) is 13.1 Å². The normalized spacial score (nSPS) is 19.6. The number of fused-ring (bicyclic) bond motifs is 1. The van der Waals surface area contributed by atoms with E-state index in [-0.39, 0.29) is 17.0 Å². The molecule has 32 heavy (non-hydrogen) atoms. The van der Waals surface area contributed by atoms with E-state index in [1.807, 2.05) is 73.5 Å². The summed E-state index contributed by atoms with van der Waals surface area (Å²) < 4.78 is 34.4. The molecule has 0 amide bonds. The smallest absolute Gasteiger partial charge is 0.244 e. The van der Waals surface area contributed by atoms with Gasteiger partial charge in [0.25, 0.3) is 0 Å². The Morgan fingerprint density at radius 2 is 1.78 bits per heavy atom. The number of hydrogen-bond acceptors (Lipinski definition) is 6. The molecule has 1 aromatic heterocycles. The molecule has 2 heterocycles. The highest BCUT2D eigenvalue weighted by molar-refractivity contribution is 7.89. The lowest BCUT2D eigenvalue weighted by molar-refractivity contribution is 0.244. The summed E-state index contributed by atoms with van der Waals surface area (Å²) in [6.07, 6.45) is 0.554. The number of sulfonamides is 1. The van der Waals surface area contributed by atoms with Crippen LogP contribution in [0.25, 0.3) is 22.2 Å². The molecule has 0 unspecified atom stereocenters. The van der Waals surface area contributed by atoms with Crippen LogP contribution in [0.2, 0.25) is 0 Å². The van der Waals surface area contributed by atoms with Gasteiger partial charge in [-0.15, -0.1) is 0 Å². The third kappa shape index (κ3) is 4.04. The first kappa shape index (κ1) is 20.8. The first-order valence-corrected chi connectivity index (χ1v) is 12.0. The molecule has 2 atom stereocenters. The van der Waals surface area contributed by atoms with Crippen molar-refractivity contribution in [1.82, 2.24) is 19.8 Å². The lowest BCUT2D eigenvalue weighted by Crippen LogP contribution is -2.36. The number of rotatable bonds is 5. The maximum atomic E-state index is 13.0. The standard InChI is InChI=1S/C24H24N4O3S/c1-16-7-9-18(10-8-16)23-25-24(31-26-23)22-14-20(15-28(22)2)27-32(29,30)21-12-11-17-5-3-4-6-19(17)13-21/h3-13,20,22,27H,14-15H2,1-2H3/t20-,22-/m0/s1. The van der Waals surface area contributed by atoms with E-state index in [4.69, 9.17) is 4.52 Å². The van der Waals surface area contributed by atoms with Crippen LogP contribution in [0.15, 0.2) is 76.1 Å². The van der Waals surface area contributed by atoms with Crippen LogP contribution in [0.3, 0.4) is 0 Å². The Hall–Kier alpha value is -3.07. The molecular formula is C24H24N4O3S. The Labute approximate surface area is 187 Å². The zero-order valence-corrected chi connectivity index (χ0v) is 18.7. The summed E-state index contributed by atoms with van der Waals surface area (Å²) in [4.78, 5) is 6.88. The molecule has 7 nitrogen and oxygen atoms in total. The number of likely N-dealkylation sites (N-methyl/N-ethyl adjacent to an activating group) is 1. The van der Waals surface area contributed by atoms with Gasteiger partial charge in [-0.1, -0.05) is 65.3 Å². The molecular weight excluding hydrogens is 424 g/mol. The van der Waals surface area contributed by atoms with Gasteiger partial charge in [-0.05, 0) is 43.3 Å². The Morgan fingerprint density at radius 3 is 2.56 bits per heavy atom. The zero-order chi connectivity index (χ0) is 22.3. The van der Waals surface area contributed by atoms with Gasteiger partial charge in [0.05, 0.1) is 10.9 Å². The minimum absolute atomic E-state index is 0.147. The van der Waals surface area contributed by atoms with Crippen LogP contribution in [0.1, 0.15) is 23.9 Å². The molecule has 4 aromatic rings. The van der Waals surface area contributed by atoms with Crippen molar-refractivity contribution in [3.8, 4) is 11.4 Å². The molecule has 8 heteroatoms. The molecule has 1 aliphatic heterocycles. The van der Waals surface area contributed by atoms with Crippen molar-refractivity contribution in [3.05, 3.63) is 78.2 Å². The van der Waals surface area contributed by atoms with Crippen LogP contribution >= 0.6 is 0 Å². The van der Waals surface area contributed by atoms with Gasteiger partial charge in [0.2, 0.25) is 21.7 Å². The molecule has 1 N–H and O–H groups in total. The average Bonchev–Trinajstić information content (AvgIpc) is 3.40. The fraction of sp³-hybridized carbons (Fsp3) is 0.250. The summed E-state index contributed by atoms with van der Waals surface area (Å²) in [5.74, 6) is 1.03. The first-order valence-electron chi connectivity index (χ1n) is 10.5. The molecule has 0 bridgehead atoms. The fourth-order valence-corrected chi connectivity index (χ4v) is 5.46. The summed E-state index contributed by atoms with van der Waals surface area (Å²) in [5.41, 5.74) is 2.05. The number of nitrogens with one attached hydrogen (secondary N) is 1. The van der Waals surface area contributed by atoms with E-state index in [2.05, 4.69) is 14.9 Å². The third-order valence-electron chi connectivity index (χ3n) is 5.94. The van der Waals surface area contributed by atoms with Crippen LogP contribution in [0.5, 0.6) is 0 Å². The molecule has 1 aliphatic rings. The number of benzene rings is 3. The minimum Gasteiger partial charge on any atom is -0.337 e. The van der Waals surface area contributed by atoms with E-state index in [0.717, 1.165) is 21.9 Å². The molecule has 1 saturated heterocycles. The quantitative estimate of drug-likeness (QED) is 0.498. The highest BCUT2D eigenvalue weighted by Gasteiger charge is 2.36. The van der Waals surface area contributed by atoms with Gasteiger partial charge < -0.3 is 4.52 Å². The van der Waals surface area contributed by atoms with Crippen molar-refractivity contribution in [2.75, 3.05) is 13.6 Å². The van der Waals surface area contributed by atoms with Crippen LogP contribution in [0, 0.1) is 6.92 Å². The minimum atomic E-state index is -3.65. The van der Waals surface area contributed by atoms with Gasteiger partial charge >= 0.3 is 0 Å². The summed E-state index contributed by atoms with van der Waals surface area (Å²) in [6.45, 7) is 2.58. The van der Waals surface area contributed by atoms with Gasteiger partial charge in [0.15, 0.2) is 0 Å². The van der Waals surface area contributed by atoms with Crippen LogP contribution in [-0.4, -0.2) is 43.1 Å². The van der Waals surface area contributed by atoms with Crippen molar-refractivity contribution in [3.63, 3.8) is 0 Å². The van der Waals surface area contributed by atoms with Gasteiger partial charge in [0, 0.05) is 18.2 Å². The molecule has 3 aromatic carbocycles. The number of aromatic nitrogens is 2. The van der Waals surface area contributed by atoms with Crippen molar-refractivity contribution < 1.29 is 12.9 Å². The largest absolute Gasteiger partial charge is 0.337 e. The second-order valence-corrected chi connectivity index (χ2v) is 10.1. The molecule has 0 saturated carbocycles. The van der Waals surface area contributed by atoms with Crippen molar-refractivity contribution in [2.24, 2.45) is 0 Å². The molecule has 0 radical (unpaired) electrons. The van der Waals surface area contributed by atoms with E-state index >= 15 is 0 Å². The Bertz CT molecular complexity index is 1370. The molecule has 0 aliphatic carbocycles. The summed E-state index contributed by atoms with van der Waals surface area (Å²) in [5, 5.41) is 6.02. The van der Waals surface area contributed by atoms with E-state index in [1.165, 1.54) is 0 Å². The first-order chi connectivity index (χ1) is 15.4. The molecule has 164 valence electrons. The highest BCUT2D eigenvalue weighted by Crippen LogP contribution is 2.32. The van der Waals surface area contributed by atoms with E-state index < -0.39 is 10.0 Å². The van der Waals surface area contributed by atoms with Crippen molar-refractivity contribution >= 4 is 20.8 Å². The highest BCUT2D eigenvalue weighted by atomic mass is 32.2. The second-order valence-electron chi connectivity index (χ2n) is 8.34. The molecule has 0 spiro atoms. The maximum Gasteiger partial charge on any atom is 0.244 e. The topological polar surface area (TPSA) is 88.3 Å². The number of hydrogen-bond donors (Lipinski definition) is 1. The van der Waals surface area contributed by atoms with E-state index in [1.54, 1.807) is 12.1 Å². The van der Waals surface area contributed by atoms with Gasteiger partial charge in [-0.2, -0.15) is 4.98 Å². The SMILES string of the molecule is Cc1ccc(-c2noc([C@@H]3C[C@H](NS(=O)(=O)c4ccc5ccccc5c4)CN3C)n2)cc1.